The number of likely N-dealkylation sites (tertiary alicyclic amines) is 1. The lowest BCUT2D eigenvalue weighted by Gasteiger charge is -2.32. The van der Waals surface area contributed by atoms with E-state index in [0.717, 1.165) is 43.9 Å². The van der Waals surface area contributed by atoms with Crippen molar-refractivity contribution < 1.29 is 9.21 Å². The smallest absolute Gasteiger partial charge is 0.257 e. The van der Waals surface area contributed by atoms with Crippen LogP contribution in [0.15, 0.2) is 16.5 Å². The van der Waals surface area contributed by atoms with Crippen LogP contribution in [0, 0.1) is 6.92 Å². The van der Waals surface area contributed by atoms with Crippen molar-refractivity contribution in [3.63, 3.8) is 0 Å². The molecule has 1 saturated heterocycles. The molecule has 0 aliphatic carbocycles. The molecule has 0 bridgehead atoms. The largest absolute Gasteiger partial charge is 0.420 e. The average molecular weight is 362 g/mol. The highest BCUT2D eigenvalue weighted by Crippen LogP contribution is 2.31. The highest BCUT2D eigenvalue weighted by atomic mass is 32.1. The number of aryl methyl sites for hydroxylation is 1. The maximum Gasteiger partial charge on any atom is 0.257 e. The standard InChI is InChI=1S/C18H26N4O2S/c1-4-22(5-2)16(23)12-21-10-6-7-14(11-21)17-19-20-18(24-17)15-9-8-13(3)25-15/h8-9,14H,4-7,10-12H2,1-3H3/t14-/m1/s1. The van der Waals surface area contributed by atoms with Crippen LogP contribution in [-0.2, 0) is 4.79 Å². The Bertz CT molecular complexity index is 708. The van der Waals surface area contributed by atoms with Gasteiger partial charge in [0.2, 0.25) is 11.8 Å². The van der Waals surface area contributed by atoms with Crippen molar-refractivity contribution in [1.29, 1.82) is 0 Å². The molecule has 0 spiro atoms. The molecule has 3 heterocycles. The Morgan fingerprint density at radius 2 is 2.16 bits per heavy atom. The van der Waals surface area contributed by atoms with Gasteiger partial charge in [-0.2, -0.15) is 0 Å². The molecule has 0 unspecified atom stereocenters. The molecule has 1 atom stereocenters. The first-order valence-electron chi connectivity index (χ1n) is 9.01. The second kappa shape index (κ2) is 8.10. The van der Waals surface area contributed by atoms with Crippen LogP contribution in [0.1, 0.15) is 43.4 Å². The van der Waals surface area contributed by atoms with Crippen molar-refractivity contribution in [2.45, 2.75) is 39.5 Å². The number of rotatable bonds is 6. The lowest BCUT2D eigenvalue weighted by atomic mass is 9.98. The summed E-state index contributed by atoms with van der Waals surface area (Å²) in [6, 6.07) is 4.08. The third-order valence-corrected chi connectivity index (χ3v) is 5.71. The van der Waals surface area contributed by atoms with Gasteiger partial charge in [0.05, 0.1) is 17.3 Å². The maximum absolute atomic E-state index is 12.3. The number of aromatic nitrogens is 2. The van der Waals surface area contributed by atoms with Crippen molar-refractivity contribution in [2.24, 2.45) is 0 Å². The van der Waals surface area contributed by atoms with Gasteiger partial charge in [0, 0.05) is 24.5 Å². The summed E-state index contributed by atoms with van der Waals surface area (Å²) in [7, 11) is 0. The van der Waals surface area contributed by atoms with Crippen LogP contribution >= 0.6 is 11.3 Å². The Kier molecular flexibility index (Phi) is 5.86. The molecule has 25 heavy (non-hydrogen) atoms. The summed E-state index contributed by atoms with van der Waals surface area (Å²) < 4.78 is 5.93. The van der Waals surface area contributed by atoms with Gasteiger partial charge in [0.25, 0.3) is 5.89 Å². The molecule has 0 radical (unpaired) electrons. The fourth-order valence-corrected chi connectivity index (χ4v) is 4.11. The molecule has 2 aromatic rings. The van der Waals surface area contributed by atoms with Gasteiger partial charge in [-0.25, -0.2) is 0 Å². The van der Waals surface area contributed by atoms with E-state index in [0.29, 0.717) is 18.3 Å². The number of carbonyl (C=O) groups excluding carboxylic acids is 1. The zero-order chi connectivity index (χ0) is 17.8. The summed E-state index contributed by atoms with van der Waals surface area (Å²) in [4.78, 5) is 18.7. The number of thiophene rings is 1. The summed E-state index contributed by atoms with van der Waals surface area (Å²) in [5.74, 6) is 1.71. The van der Waals surface area contributed by atoms with Crippen LogP contribution in [0.25, 0.3) is 10.8 Å². The first-order valence-corrected chi connectivity index (χ1v) is 9.82. The van der Waals surface area contributed by atoms with Crippen molar-refractivity contribution >= 4 is 17.2 Å². The minimum atomic E-state index is 0.200. The van der Waals surface area contributed by atoms with E-state index >= 15 is 0 Å². The van der Waals surface area contributed by atoms with E-state index in [1.54, 1.807) is 11.3 Å². The van der Waals surface area contributed by atoms with E-state index in [9.17, 15) is 4.79 Å². The van der Waals surface area contributed by atoms with Crippen LogP contribution in [-0.4, -0.2) is 58.6 Å². The molecule has 1 aliphatic rings. The highest BCUT2D eigenvalue weighted by molar-refractivity contribution is 7.15. The molecule has 0 N–H and O–H groups in total. The average Bonchev–Trinajstić information content (AvgIpc) is 3.25. The molecule has 136 valence electrons. The number of hydrogen-bond donors (Lipinski definition) is 0. The van der Waals surface area contributed by atoms with E-state index in [4.69, 9.17) is 4.42 Å². The Hall–Kier alpha value is -1.73. The fourth-order valence-electron chi connectivity index (χ4n) is 3.32. The quantitative estimate of drug-likeness (QED) is 0.790. The summed E-state index contributed by atoms with van der Waals surface area (Å²) in [5.41, 5.74) is 0. The molecule has 1 aliphatic heterocycles. The second-order valence-electron chi connectivity index (χ2n) is 6.50. The first-order chi connectivity index (χ1) is 12.1. The van der Waals surface area contributed by atoms with Gasteiger partial charge >= 0.3 is 0 Å². The van der Waals surface area contributed by atoms with Crippen molar-refractivity contribution in [1.82, 2.24) is 20.0 Å². The Morgan fingerprint density at radius 1 is 1.36 bits per heavy atom. The van der Waals surface area contributed by atoms with Crippen LogP contribution in [0.2, 0.25) is 0 Å². The molecule has 3 rings (SSSR count). The van der Waals surface area contributed by atoms with Gasteiger partial charge in [0.1, 0.15) is 0 Å². The monoisotopic (exact) mass is 362 g/mol. The van der Waals surface area contributed by atoms with Gasteiger partial charge in [-0.3, -0.25) is 9.69 Å². The fraction of sp³-hybridized carbons (Fsp3) is 0.611. The molecular weight excluding hydrogens is 336 g/mol. The van der Waals surface area contributed by atoms with E-state index in [2.05, 4.69) is 28.1 Å². The van der Waals surface area contributed by atoms with Gasteiger partial charge in [-0.15, -0.1) is 21.5 Å². The second-order valence-corrected chi connectivity index (χ2v) is 7.78. The SMILES string of the molecule is CCN(CC)C(=O)CN1CCC[C@@H](c2nnc(-c3ccc(C)s3)o2)C1. The molecular formula is C18H26N4O2S. The maximum atomic E-state index is 12.3. The van der Waals surface area contributed by atoms with Crippen molar-refractivity contribution in [3.8, 4) is 10.8 Å². The third-order valence-electron chi connectivity index (χ3n) is 4.72. The highest BCUT2D eigenvalue weighted by Gasteiger charge is 2.28. The number of amides is 1. The predicted molar refractivity (Wildman–Crippen MR) is 98.7 cm³/mol. The van der Waals surface area contributed by atoms with E-state index in [1.807, 2.05) is 24.8 Å². The minimum Gasteiger partial charge on any atom is -0.420 e. The minimum absolute atomic E-state index is 0.200. The Morgan fingerprint density at radius 3 is 2.84 bits per heavy atom. The summed E-state index contributed by atoms with van der Waals surface area (Å²) >= 11 is 1.66. The first kappa shape index (κ1) is 18.1. The van der Waals surface area contributed by atoms with E-state index in [1.165, 1.54) is 4.88 Å². The molecule has 0 aromatic carbocycles. The van der Waals surface area contributed by atoms with Gasteiger partial charge in [-0.1, -0.05) is 0 Å². The van der Waals surface area contributed by atoms with Gasteiger partial charge in [0.15, 0.2) is 0 Å². The number of carbonyl (C=O) groups is 1. The molecule has 6 nitrogen and oxygen atoms in total. The normalized spacial score (nSPS) is 18.4. The number of hydrogen-bond acceptors (Lipinski definition) is 6. The molecule has 7 heteroatoms. The summed E-state index contributed by atoms with van der Waals surface area (Å²) in [5, 5.41) is 8.49. The predicted octanol–water partition coefficient (Wildman–Crippen LogP) is 3.15. The zero-order valence-corrected chi connectivity index (χ0v) is 16.0. The van der Waals surface area contributed by atoms with Crippen LogP contribution in [0.4, 0.5) is 0 Å². The summed E-state index contributed by atoms with van der Waals surface area (Å²) in [6.07, 6.45) is 2.08. The Labute approximate surface area is 152 Å². The van der Waals surface area contributed by atoms with E-state index < -0.39 is 0 Å². The van der Waals surface area contributed by atoms with Crippen LogP contribution in [0.3, 0.4) is 0 Å². The lowest BCUT2D eigenvalue weighted by molar-refractivity contribution is -0.132. The van der Waals surface area contributed by atoms with Gasteiger partial charge < -0.3 is 9.32 Å². The molecule has 1 amide bonds. The molecule has 2 aromatic heterocycles. The van der Waals surface area contributed by atoms with Crippen molar-refractivity contribution in [3.05, 3.63) is 22.9 Å². The number of piperidine rings is 1. The molecule has 0 saturated carbocycles. The summed E-state index contributed by atoms with van der Waals surface area (Å²) in [6.45, 7) is 9.87. The van der Waals surface area contributed by atoms with Crippen LogP contribution in [0.5, 0.6) is 0 Å². The Balaban J connectivity index is 1.63. The number of nitrogens with zero attached hydrogens (tertiary/aromatic N) is 4. The lowest BCUT2D eigenvalue weighted by Crippen LogP contribution is -2.43. The van der Waals surface area contributed by atoms with Gasteiger partial charge in [-0.05, 0) is 52.3 Å². The van der Waals surface area contributed by atoms with E-state index in [-0.39, 0.29) is 11.8 Å². The third kappa shape index (κ3) is 4.27. The topological polar surface area (TPSA) is 62.5 Å². The van der Waals surface area contributed by atoms with Crippen LogP contribution < -0.4 is 0 Å². The van der Waals surface area contributed by atoms with Crippen molar-refractivity contribution in [2.75, 3.05) is 32.7 Å². The zero-order valence-electron chi connectivity index (χ0n) is 15.2. The molecule has 1 fully saturated rings. The number of likely N-dealkylation sites (N-methyl/N-ethyl adjacent to an activating group) is 1.